The summed E-state index contributed by atoms with van der Waals surface area (Å²) in [6.07, 6.45) is 10.6. The maximum absolute atomic E-state index is 5.24. The molecule has 3 unspecified atom stereocenters. The number of nitrogens with one attached hydrogen (secondary N) is 1. The summed E-state index contributed by atoms with van der Waals surface area (Å²) in [6.45, 7) is 5.23. The largest absolute Gasteiger partial charge is 0.383 e. The highest BCUT2D eigenvalue weighted by Crippen LogP contribution is 2.26. The third-order valence-electron chi connectivity index (χ3n) is 4.23. The fraction of sp³-hybridized carbons (Fsp3) is 0.800. The smallest absolute Gasteiger partial charge is 0.203 e. The molecule has 1 fully saturated rings. The van der Waals surface area contributed by atoms with E-state index in [1.54, 1.807) is 7.11 Å². The number of hydrogen-bond donors (Lipinski definition) is 1. The van der Waals surface area contributed by atoms with Crippen LogP contribution in [0.4, 0.5) is 5.95 Å². The molecule has 1 aliphatic carbocycles. The van der Waals surface area contributed by atoms with Gasteiger partial charge in [0.25, 0.3) is 0 Å². The van der Waals surface area contributed by atoms with Crippen molar-refractivity contribution >= 4 is 5.95 Å². The SMILES string of the molecule is COCC(C)n1ccnc1NC1CCCCCC1C. The Balaban J connectivity index is 2.03. The van der Waals surface area contributed by atoms with E-state index < -0.39 is 0 Å². The Morgan fingerprint density at radius 2 is 2.21 bits per heavy atom. The van der Waals surface area contributed by atoms with Crippen molar-refractivity contribution in [2.24, 2.45) is 5.92 Å². The molecule has 4 nitrogen and oxygen atoms in total. The van der Waals surface area contributed by atoms with Crippen LogP contribution >= 0.6 is 0 Å². The molecule has 3 atom stereocenters. The third-order valence-corrected chi connectivity index (χ3v) is 4.23. The molecular weight excluding hydrogens is 238 g/mol. The van der Waals surface area contributed by atoms with E-state index in [0.717, 1.165) is 11.9 Å². The lowest BCUT2D eigenvalue weighted by molar-refractivity contribution is 0.163. The molecule has 1 saturated carbocycles. The van der Waals surface area contributed by atoms with Crippen molar-refractivity contribution in [1.82, 2.24) is 9.55 Å². The highest BCUT2D eigenvalue weighted by molar-refractivity contribution is 5.28. The van der Waals surface area contributed by atoms with Gasteiger partial charge in [0.1, 0.15) is 0 Å². The third kappa shape index (κ3) is 3.72. The van der Waals surface area contributed by atoms with E-state index in [1.165, 1.54) is 32.1 Å². The van der Waals surface area contributed by atoms with Gasteiger partial charge in [0.2, 0.25) is 5.95 Å². The van der Waals surface area contributed by atoms with Gasteiger partial charge in [0.05, 0.1) is 12.6 Å². The van der Waals surface area contributed by atoms with E-state index in [0.29, 0.717) is 18.7 Å². The Labute approximate surface area is 116 Å². The summed E-state index contributed by atoms with van der Waals surface area (Å²) in [5.74, 6) is 1.72. The molecule has 1 aromatic rings. The minimum Gasteiger partial charge on any atom is -0.383 e. The van der Waals surface area contributed by atoms with Gasteiger partial charge in [-0.25, -0.2) is 4.98 Å². The Morgan fingerprint density at radius 3 is 3.00 bits per heavy atom. The average Bonchev–Trinajstić information content (AvgIpc) is 2.76. The lowest BCUT2D eigenvalue weighted by Crippen LogP contribution is -2.28. The van der Waals surface area contributed by atoms with Gasteiger partial charge >= 0.3 is 0 Å². The van der Waals surface area contributed by atoms with Crippen LogP contribution in [0.1, 0.15) is 52.0 Å². The molecule has 0 aliphatic heterocycles. The second-order valence-electron chi connectivity index (χ2n) is 5.83. The number of methoxy groups -OCH3 is 1. The van der Waals surface area contributed by atoms with Crippen molar-refractivity contribution in [3.05, 3.63) is 12.4 Å². The first kappa shape index (κ1) is 14.4. The number of hydrogen-bond acceptors (Lipinski definition) is 3. The quantitative estimate of drug-likeness (QED) is 0.829. The summed E-state index contributed by atoms with van der Waals surface area (Å²) in [7, 11) is 1.74. The zero-order valence-corrected chi connectivity index (χ0v) is 12.4. The predicted molar refractivity (Wildman–Crippen MR) is 78.5 cm³/mol. The number of aromatic nitrogens is 2. The first-order valence-electron chi connectivity index (χ1n) is 7.50. The van der Waals surface area contributed by atoms with Gasteiger partial charge in [0, 0.05) is 25.5 Å². The van der Waals surface area contributed by atoms with E-state index in [-0.39, 0.29) is 0 Å². The van der Waals surface area contributed by atoms with Crippen molar-refractivity contribution in [3.8, 4) is 0 Å². The monoisotopic (exact) mass is 265 g/mol. The number of rotatable bonds is 5. The Morgan fingerprint density at radius 1 is 1.42 bits per heavy atom. The topological polar surface area (TPSA) is 39.1 Å². The van der Waals surface area contributed by atoms with Gasteiger partial charge in [0.15, 0.2) is 0 Å². The molecule has 108 valence electrons. The molecule has 0 spiro atoms. The number of nitrogens with zero attached hydrogens (tertiary/aromatic N) is 2. The van der Waals surface area contributed by atoms with Crippen LogP contribution < -0.4 is 5.32 Å². The van der Waals surface area contributed by atoms with Crippen LogP contribution in [-0.2, 0) is 4.74 Å². The summed E-state index contributed by atoms with van der Waals surface area (Å²) >= 11 is 0. The van der Waals surface area contributed by atoms with Gasteiger partial charge in [-0.15, -0.1) is 0 Å². The molecule has 2 rings (SSSR count). The molecule has 1 aliphatic rings. The second-order valence-corrected chi connectivity index (χ2v) is 5.83. The van der Waals surface area contributed by atoms with E-state index >= 15 is 0 Å². The number of anilines is 1. The van der Waals surface area contributed by atoms with Crippen LogP contribution in [0, 0.1) is 5.92 Å². The van der Waals surface area contributed by atoms with E-state index in [9.17, 15) is 0 Å². The van der Waals surface area contributed by atoms with Crippen molar-refractivity contribution in [2.75, 3.05) is 19.0 Å². The summed E-state index contributed by atoms with van der Waals surface area (Å²) in [4.78, 5) is 4.47. The van der Waals surface area contributed by atoms with Crippen LogP contribution in [0.25, 0.3) is 0 Å². The maximum atomic E-state index is 5.24. The summed E-state index contributed by atoms with van der Waals surface area (Å²) in [5, 5.41) is 3.65. The Hall–Kier alpha value is -1.03. The van der Waals surface area contributed by atoms with Crippen molar-refractivity contribution in [1.29, 1.82) is 0 Å². The lowest BCUT2D eigenvalue weighted by Gasteiger charge is -2.25. The van der Waals surface area contributed by atoms with Crippen LogP contribution in [0.2, 0.25) is 0 Å². The highest BCUT2D eigenvalue weighted by atomic mass is 16.5. The molecule has 4 heteroatoms. The fourth-order valence-corrected chi connectivity index (χ4v) is 2.98. The van der Waals surface area contributed by atoms with Crippen LogP contribution in [0.15, 0.2) is 12.4 Å². The minimum atomic E-state index is 0.316. The van der Waals surface area contributed by atoms with Crippen molar-refractivity contribution in [2.45, 2.75) is 58.0 Å². The van der Waals surface area contributed by atoms with Crippen LogP contribution in [0.3, 0.4) is 0 Å². The standard InChI is InChI=1S/C15H27N3O/c1-12-7-5-4-6-8-14(12)17-15-16-9-10-18(15)13(2)11-19-3/h9-10,12-14H,4-8,11H2,1-3H3,(H,16,17). The van der Waals surface area contributed by atoms with E-state index in [1.807, 2.05) is 12.4 Å². The zero-order chi connectivity index (χ0) is 13.7. The molecule has 0 saturated heterocycles. The van der Waals surface area contributed by atoms with Crippen LogP contribution in [0.5, 0.6) is 0 Å². The molecule has 0 bridgehead atoms. The highest BCUT2D eigenvalue weighted by Gasteiger charge is 2.21. The fourth-order valence-electron chi connectivity index (χ4n) is 2.98. The molecule has 1 heterocycles. The van der Waals surface area contributed by atoms with Crippen LogP contribution in [-0.4, -0.2) is 29.3 Å². The number of ether oxygens (including phenoxy) is 1. The maximum Gasteiger partial charge on any atom is 0.203 e. The van der Waals surface area contributed by atoms with E-state index in [4.69, 9.17) is 4.74 Å². The van der Waals surface area contributed by atoms with Crippen molar-refractivity contribution < 1.29 is 4.74 Å². The normalized spacial score (nSPS) is 25.8. The minimum absolute atomic E-state index is 0.316. The molecule has 1 N–H and O–H groups in total. The molecule has 0 aromatic carbocycles. The first-order valence-corrected chi connectivity index (χ1v) is 7.50. The van der Waals surface area contributed by atoms with Crippen molar-refractivity contribution in [3.63, 3.8) is 0 Å². The summed E-state index contributed by atoms with van der Waals surface area (Å²) in [6, 6.07) is 0.870. The predicted octanol–water partition coefficient (Wildman–Crippen LogP) is 3.47. The van der Waals surface area contributed by atoms with E-state index in [2.05, 4.69) is 28.7 Å². The van der Waals surface area contributed by atoms with Gasteiger partial charge in [-0.1, -0.05) is 26.2 Å². The first-order chi connectivity index (χ1) is 9.22. The Kier molecular flexibility index (Phi) is 5.25. The van der Waals surface area contributed by atoms with Gasteiger partial charge < -0.3 is 14.6 Å². The van der Waals surface area contributed by atoms with Gasteiger partial charge in [-0.2, -0.15) is 0 Å². The molecule has 1 aromatic heterocycles. The van der Waals surface area contributed by atoms with Gasteiger partial charge in [-0.3, -0.25) is 0 Å². The Bertz CT molecular complexity index is 377. The average molecular weight is 265 g/mol. The second kappa shape index (κ2) is 6.94. The lowest BCUT2D eigenvalue weighted by atomic mass is 9.97. The molecule has 0 amide bonds. The van der Waals surface area contributed by atoms with Gasteiger partial charge in [-0.05, 0) is 25.7 Å². The molecule has 19 heavy (non-hydrogen) atoms. The summed E-state index contributed by atoms with van der Waals surface area (Å²) in [5.41, 5.74) is 0. The molecular formula is C15H27N3O. The zero-order valence-electron chi connectivity index (χ0n) is 12.4. The summed E-state index contributed by atoms with van der Waals surface area (Å²) < 4.78 is 7.42. The number of imidazole rings is 1. The molecule has 0 radical (unpaired) electrons.